The summed E-state index contributed by atoms with van der Waals surface area (Å²) in [6, 6.07) is 8.56. The maximum atomic E-state index is 12.2. The van der Waals surface area contributed by atoms with Gasteiger partial charge in [-0.1, -0.05) is 12.1 Å². The number of halogens is 1. The number of anilines is 1. The third kappa shape index (κ3) is 2.99. The zero-order valence-electron chi connectivity index (χ0n) is 11.3. The summed E-state index contributed by atoms with van der Waals surface area (Å²) in [4.78, 5) is 14.5. The number of hydrogen-bond acceptors (Lipinski definition) is 3. The number of carbonyl (C=O) groups excluding carboxylic acids is 1. The predicted octanol–water partition coefficient (Wildman–Crippen LogP) is 2.22. The van der Waals surface area contributed by atoms with Crippen molar-refractivity contribution in [1.82, 2.24) is 4.90 Å². The van der Waals surface area contributed by atoms with Gasteiger partial charge in [0.05, 0.1) is 18.3 Å². The van der Waals surface area contributed by atoms with Crippen LogP contribution in [0.1, 0.15) is 25.7 Å². The smallest absolute Gasteiger partial charge is 0.238 e. The van der Waals surface area contributed by atoms with Crippen LogP contribution in [0.25, 0.3) is 0 Å². The van der Waals surface area contributed by atoms with Crippen molar-refractivity contribution < 1.29 is 9.90 Å². The maximum Gasteiger partial charge on any atom is 0.238 e. The predicted molar refractivity (Wildman–Crippen MR) is 86.5 cm³/mol. The molecule has 4 nitrogen and oxygen atoms in total. The number of amides is 1. The molecule has 3 rings (SSSR count). The van der Waals surface area contributed by atoms with Crippen molar-refractivity contribution in [2.45, 2.75) is 43.9 Å². The molecule has 2 heterocycles. The molecule has 2 fully saturated rings. The van der Waals surface area contributed by atoms with Crippen molar-refractivity contribution in [2.24, 2.45) is 0 Å². The van der Waals surface area contributed by atoms with Gasteiger partial charge in [-0.3, -0.25) is 9.69 Å². The molecular weight excluding hydrogens is 367 g/mol. The molecule has 20 heavy (non-hydrogen) atoms. The van der Waals surface area contributed by atoms with Crippen LogP contribution in [0.4, 0.5) is 5.69 Å². The van der Waals surface area contributed by atoms with Gasteiger partial charge in [0.25, 0.3) is 0 Å². The lowest BCUT2D eigenvalue weighted by molar-refractivity contribution is -0.119. The molecule has 2 unspecified atom stereocenters. The highest BCUT2D eigenvalue weighted by atomic mass is 127. The molecule has 2 aliphatic heterocycles. The molecule has 1 amide bonds. The zero-order valence-corrected chi connectivity index (χ0v) is 13.4. The third-order valence-corrected chi connectivity index (χ3v) is 5.27. The van der Waals surface area contributed by atoms with Gasteiger partial charge in [0.15, 0.2) is 0 Å². The monoisotopic (exact) mass is 386 g/mol. The second-order valence-corrected chi connectivity index (χ2v) is 6.87. The van der Waals surface area contributed by atoms with E-state index in [1.165, 1.54) is 0 Å². The molecule has 108 valence electrons. The topological polar surface area (TPSA) is 52.6 Å². The Morgan fingerprint density at radius 1 is 1.30 bits per heavy atom. The second kappa shape index (κ2) is 5.99. The first-order chi connectivity index (χ1) is 9.63. The number of fused-ring (bicyclic) bond motifs is 2. The summed E-state index contributed by atoms with van der Waals surface area (Å²) in [6.45, 7) is 0.438. The highest BCUT2D eigenvalue weighted by Crippen LogP contribution is 2.35. The molecule has 2 N–H and O–H groups in total. The number of aliphatic hydroxyl groups is 1. The van der Waals surface area contributed by atoms with Gasteiger partial charge in [-0.25, -0.2) is 0 Å². The van der Waals surface area contributed by atoms with E-state index < -0.39 is 0 Å². The minimum absolute atomic E-state index is 0.0439. The molecule has 2 aliphatic rings. The van der Waals surface area contributed by atoms with E-state index >= 15 is 0 Å². The largest absolute Gasteiger partial charge is 0.393 e. The molecule has 2 saturated heterocycles. The van der Waals surface area contributed by atoms with E-state index in [0.717, 1.165) is 34.9 Å². The Balaban J connectivity index is 1.61. The fourth-order valence-electron chi connectivity index (χ4n) is 3.42. The number of nitrogens with zero attached hydrogens (tertiary/aromatic N) is 1. The van der Waals surface area contributed by atoms with Crippen LogP contribution in [-0.2, 0) is 4.79 Å². The first kappa shape index (κ1) is 14.3. The van der Waals surface area contributed by atoms with E-state index in [-0.39, 0.29) is 12.0 Å². The number of aliphatic hydroxyl groups excluding tert-OH is 1. The average Bonchev–Trinajstić information content (AvgIpc) is 2.65. The van der Waals surface area contributed by atoms with Gasteiger partial charge in [-0.05, 0) is 60.4 Å². The van der Waals surface area contributed by atoms with Crippen LogP contribution in [0.5, 0.6) is 0 Å². The van der Waals surface area contributed by atoms with Crippen molar-refractivity contribution in [2.75, 3.05) is 11.9 Å². The highest BCUT2D eigenvalue weighted by molar-refractivity contribution is 14.1. The van der Waals surface area contributed by atoms with Crippen molar-refractivity contribution in [3.63, 3.8) is 0 Å². The standard InChI is InChI=1S/C15H19IN2O2/c16-13-3-1-2-4-14(13)17-15(20)9-18-10-5-6-11(18)8-12(19)7-10/h1-4,10-12,19H,5-9H2,(H,17,20). The number of carbonyl (C=O) groups is 1. The summed E-state index contributed by atoms with van der Waals surface area (Å²) < 4.78 is 1.05. The van der Waals surface area contributed by atoms with Crippen LogP contribution in [0.3, 0.4) is 0 Å². The number of benzene rings is 1. The van der Waals surface area contributed by atoms with Crippen LogP contribution in [0.15, 0.2) is 24.3 Å². The summed E-state index contributed by atoms with van der Waals surface area (Å²) in [5.41, 5.74) is 0.877. The number of piperidine rings is 1. The molecule has 1 aromatic rings. The van der Waals surface area contributed by atoms with Gasteiger partial charge >= 0.3 is 0 Å². The summed E-state index contributed by atoms with van der Waals surface area (Å²) in [5, 5.41) is 12.8. The van der Waals surface area contributed by atoms with E-state index in [2.05, 4.69) is 32.8 Å². The van der Waals surface area contributed by atoms with Crippen molar-refractivity contribution >= 4 is 34.2 Å². The Bertz CT molecular complexity index is 494. The number of rotatable bonds is 3. The molecule has 2 bridgehead atoms. The summed E-state index contributed by atoms with van der Waals surface area (Å²) in [5.74, 6) is 0.0439. The zero-order chi connectivity index (χ0) is 14.1. The third-order valence-electron chi connectivity index (χ3n) is 4.33. The molecule has 0 spiro atoms. The fraction of sp³-hybridized carbons (Fsp3) is 0.533. The van der Waals surface area contributed by atoms with E-state index in [0.29, 0.717) is 18.6 Å². The molecule has 0 aromatic heterocycles. The Hall–Kier alpha value is -0.660. The van der Waals surface area contributed by atoms with Gasteiger partial charge in [-0.2, -0.15) is 0 Å². The maximum absolute atomic E-state index is 12.2. The minimum Gasteiger partial charge on any atom is -0.393 e. The molecule has 1 aromatic carbocycles. The van der Waals surface area contributed by atoms with Crippen LogP contribution < -0.4 is 5.32 Å². The van der Waals surface area contributed by atoms with Crippen LogP contribution in [0.2, 0.25) is 0 Å². The van der Waals surface area contributed by atoms with E-state index in [1.807, 2.05) is 24.3 Å². The van der Waals surface area contributed by atoms with Gasteiger partial charge in [0.1, 0.15) is 0 Å². The molecule has 5 heteroatoms. The second-order valence-electron chi connectivity index (χ2n) is 5.71. The lowest BCUT2D eigenvalue weighted by atomic mass is 10.00. The van der Waals surface area contributed by atoms with Crippen molar-refractivity contribution in [3.8, 4) is 0 Å². The molecule has 0 saturated carbocycles. The van der Waals surface area contributed by atoms with Crippen molar-refractivity contribution in [3.05, 3.63) is 27.8 Å². The van der Waals surface area contributed by atoms with Crippen LogP contribution in [-0.4, -0.2) is 40.6 Å². The highest BCUT2D eigenvalue weighted by Gasteiger charge is 2.40. The first-order valence-corrected chi connectivity index (χ1v) is 8.19. The Morgan fingerprint density at radius 2 is 1.95 bits per heavy atom. The number of hydrogen-bond donors (Lipinski definition) is 2. The van der Waals surface area contributed by atoms with Gasteiger partial charge in [-0.15, -0.1) is 0 Å². The number of nitrogens with one attached hydrogen (secondary N) is 1. The Labute approximate surface area is 132 Å². The number of para-hydroxylation sites is 1. The molecule has 2 atom stereocenters. The van der Waals surface area contributed by atoms with Gasteiger partial charge < -0.3 is 10.4 Å². The summed E-state index contributed by atoms with van der Waals surface area (Å²) in [6.07, 6.45) is 3.66. The molecule has 0 aliphatic carbocycles. The van der Waals surface area contributed by atoms with Crippen LogP contribution in [0, 0.1) is 3.57 Å². The summed E-state index contributed by atoms with van der Waals surface area (Å²) >= 11 is 2.23. The SMILES string of the molecule is O=C(CN1C2CCC1CC(O)C2)Nc1ccccc1I. The normalized spacial score (nSPS) is 29.4. The van der Waals surface area contributed by atoms with E-state index in [1.54, 1.807) is 0 Å². The lowest BCUT2D eigenvalue weighted by Crippen LogP contribution is -2.47. The van der Waals surface area contributed by atoms with Crippen molar-refractivity contribution in [1.29, 1.82) is 0 Å². The van der Waals surface area contributed by atoms with E-state index in [4.69, 9.17) is 0 Å². The molecule has 0 radical (unpaired) electrons. The quantitative estimate of drug-likeness (QED) is 0.784. The van der Waals surface area contributed by atoms with Crippen LogP contribution >= 0.6 is 22.6 Å². The lowest BCUT2D eigenvalue weighted by Gasteiger charge is -2.36. The average molecular weight is 386 g/mol. The minimum atomic E-state index is -0.179. The Kier molecular flexibility index (Phi) is 4.28. The Morgan fingerprint density at radius 3 is 2.60 bits per heavy atom. The molecular formula is C15H19IN2O2. The first-order valence-electron chi connectivity index (χ1n) is 7.11. The van der Waals surface area contributed by atoms with E-state index in [9.17, 15) is 9.90 Å². The summed E-state index contributed by atoms with van der Waals surface area (Å²) in [7, 11) is 0. The van der Waals surface area contributed by atoms with Gasteiger partial charge in [0.2, 0.25) is 5.91 Å². The van der Waals surface area contributed by atoms with Gasteiger partial charge in [0, 0.05) is 15.7 Å². The fourth-order valence-corrected chi connectivity index (χ4v) is 3.94.